The van der Waals surface area contributed by atoms with Crippen molar-refractivity contribution in [2.24, 2.45) is 0 Å². The fourth-order valence-electron chi connectivity index (χ4n) is 2.26. The zero-order chi connectivity index (χ0) is 13.0. The minimum Gasteiger partial charge on any atom is -0.339 e. The number of rotatable bonds is 6. The highest BCUT2D eigenvalue weighted by Crippen LogP contribution is 2.27. The van der Waals surface area contributed by atoms with E-state index in [-0.39, 0.29) is 0 Å². The summed E-state index contributed by atoms with van der Waals surface area (Å²) in [7, 11) is 0. The molecule has 0 radical (unpaired) electrons. The zero-order valence-corrected chi connectivity index (χ0v) is 12.4. The number of hydrogen-bond acceptors (Lipinski definition) is 1. The molecule has 1 aliphatic rings. The average molecular weight is 310 g/mol. The standard InChI is InChI=1S/C15H20BrNO/c1-12-4-2-3-5-13(12)6-9-15(18)17(11-10-16)14-7-8-14/h2-5,14H,6-11H2,1H3. The summed E-state index contributed by atoms with van der Waals surface area (Å²) in [6.07, 6.45) is 3.86. The Labute approximate surface area is 117 Å². The normalized spacial score (nSPS) is 14.6. The van der Waals surface area contributed by atoms with Crippen molar-refractivity contribution in [1.82, 2.24) is 4.90 Å². The van der Waals surface area contributed by atoms with E-state index >= 15 is 0 Å². The lowest BCUT2D eigenvalue weighted by Gasteiger charge is -2.21. The van der Waals surface area contributed by atoms with Crippen molar-refractivity contribution in [2.75, 3.05) is 11.9 Å². The molecule has 0 unspecified atom stereocenters. The van der Waals surface area contributed by atoms with Crippen LogP contribution >= 0.6 is 15.9 Å². The Balaban J connectivity index is 1.89. The highest BCUT2D eigenvalue weighted by Gasteiger charge is 2.31. The summed E-state index contributed by atoms with van der Waals surface area (Å²) in [5, 5.41) is 0.875. The van der Waals surface area contributed by atoms with Gasteiger partial charge < -0.3 is 4.90 Å². The number of hydrogen-bond donors (Lipinski definition) is 0. The molecule has 3 heteroatoms. The molecule has 0 atom stereocenters. The highest BCUT2D eigenvalue weighted by atomic mass is 79.9. The Hall–Kier alpha value is -0.830. The van der Waals surface area contributed by atoms with Crippen molar-refractivity contribution >= 4 is 21.8 Å². The topological polar surface area (TPSA) is 20.3 Å². The molecule has 0 N–H and O–H groups in total. The Morgan fingerprint density at radius 3 is 2.72 bits per heavy atom. The molecule has 18 heavy (non-hydrogen) atoms. The van der Waals surface area contributed by atoms with Gasteiger partial charge >= 0.3 is 0 Å². The second-order valence-electron chi connectivity index (χ2n) is 4.93. The van der Waals surface area contributed by atoms with Crippen LogP contribution in [-0.2, 0) is 11.2 Å². The SMILES string of the molecule is Cc1ccccc1CCC(=O)N(CCBr)C1CC1. The molecule has 0 spiro atoms. The number of carbonyl (C=O) groups is 1. The molecule has 2 nitrogen and oxygen atoms in total. The van der Waals surface area contributed by atoms with Gasteiger partial charge in [0.15, 0.2) is 0 Å². The number of alkyl halides is 1. The lowest BCUT2D eigenvalue weighted by Crippen LogP contribution is -2.34. The molecule has 0 saturated heterocycles. The molecule has 1 saturated carbocycles. The summed E-state index contributed by atoms with van der Waals surface area (Å²) < 4.78 is 0. The van der Waals surface area contributed by atoms with E-state index in [0.717, 1.165) is 18.3 Å². The van der Waals surface area contributed by atoms with Crippen molar-refractivity contribution in [3.05, 3.63) is 35.4 Å². The maximum Gasteiger partial charge on any atom is 0.223 e. The molecule has 0 aromatic heterocycles. The van der Waals surface area contributed by atoms with Crippen LogP contribution in [0.1, 0.15) is 30.4 Å². The van der Waals surface area contributed by atoms with Crippen molar-refractivity contribution < 1.29 is 4.79 Å². The molecule has 1 fully saturated rings. The van der Waals surface area contributed by atoms with Gasteiger partial charge in [0.25, 0.3) is 0 Å². The fraction of sp³-hybridized carbons (Fsp3) is 0.533. The molecule has 98 valence electrons. The molecule has 1 aromatic rings. The van der Waals surface area contributed by atoms with Crippen LogP contribution in [0.4, 0.5) is 0 Å². The van der Waals surface area contributed by atoms with Crippen LogP contribution in [0.15, 0.2) is 24.3 Å². The first-order valence-corrected chi connectivity index (χ1v) is 7.74. The number of carbonyl (C=O) groups excluding carboxylic acids is 1. The third kappa shape index (κ3) is 3.58. The van der Waals surface area contributed by atoms with Gasteiger partial charge in [-0.3, -0.25) is 4.79 Å². The first-order valence-electron chi connectivity index (χ1n) is 6.62. The van der Waals surface area contributed by atoms with Crippen LogP contribution in [0.5, 0.6) is 0 Å². The van der Waals surface area contributed by atoms with Crippen LogP contribution in [0.25, 0.3) is 0 Å². The van der Waals surface area contributed by atoms with Crippen molar-refractivity contribution in [3.8, 4) is 0 Å². The Morgan fingerprint density at radius 1 is 1.39 bits per heavy atom. The largest absolute Gasteiger partial charge is 0.339 e. The van der Waals surface area contributed by atoms with Gasteiger partial charge in [0.2, 0.25) is 5.91 Å². The Kier molecular flexibility index (Phi) is 4.81. The number of nitrogens with zero attached hydrogens (tertiary/aromatic N) is 1. The van der Waals surface area contributed by atoms with E-state index in [4.69, 9.17) is 0 Å². The first-order chi connectivity index (χ1) is 8.72. The number of amides is 1. The van der Waals surface area contributed by atoms with Gasteiger partial charge in [0.05, 0.1) is 0 Å². The van der Waals surface area contributed by atoms with E-state index in [0.29, 0.717) is 18.4 Å². The van der Waals surface area contributed by atoms with Crippen LogP contribution in [0.3, 0.4) is 0 Å². The molecule has 1 amide bonds. The minimum atomic E-state index is 0.306. The van der Waals surface area contributed by atoms with Gasteiger partial charge in [-0.1, -0.05) is 40.2 Å². The predicted molar refractivity (Wildman–Crippen MR) is 78.0 cm³/mol. The molecule has 2 rings (SSSR count). The lowest BCUT2D eigenvalue weighted by atomic mass is 10.0. The van der Waals surface area contributed by atoms with E-state index in [1.807, 2.05) is 17.0 Å². The summed E-state index contributed by atoms with van der Waals surface area (Å²) in [4.78, 5) is 14.3. The van der Waals surface area contributed by atoms with E-state index in [1.165, 1.54) is 24.0 Å². The molecular formula is C15H20BrNO. The average Bonchev–Trinajstić information content (AvgIpc) is 3.19. The first kappa shape index (κ1) is 13.6. The molecule has 1 aliphatic carbocycles. The van der Waals surface area contributed by atoms with Gasteiger partial charge in [-0.05, 0) is 37.3 Å². The van der Waals surface area contributed by atoms with Gasteiger partial charge in [-0.2, -0.15) is 0 Å². The second kappa shape index (κ2) is 6.37. The maximum atomic E-state index is 12.2. The van der Waals surface area contributed by atoms with Gasteiger partial charge in [0, 0.05) is 24.3 Å². The fourth-order valence-corrected chi connectivity index (χ4v) is 2.65. The third-order valence-corrected chi connectivity index (χ3v) is 3.86. The van der Waals surface area contributed by atoms with Crippen molar-refractivity contribution in [2.45, 2.75) is 38.6 Å². The van der Waals surface area contributed by atoms with E-state index < -0.39 is 0 Å². The molecule has 0 aliphatic heterocycles. The van der Waals surface area contributed by atoms with Crippen LogP contribution in [0.2, 0.25) is 0 Å². The van der Waals surface area contributed by atoms with E-state index in [1.54, 1.807) is 0 Å². The lowest BCUT2D eigenvalue weighted by molar-refractivity contribution is -0.131. The quantitative estimate of drug-likeness (QED) is 0.738. The van der Waals surface area contributed by atoms with Gasteiger partial charge in [-0.15, -0.1) is 0 Å². The zero-order valence-electron chi connectivity index (χ0n) is 10.9. The Morgan fingerprint density at radius 2 is 2.11 bits per heavy atom. The van der Waals surface area contributed by atoms with Crippen molar-refractivity contribution in [3.63, 3.8) is 0 Å². The molecule has 1 aromatic carbocycles. The summed E-state index contributed by atoms with van der Waals surface area (Å²) in [5.74, 6) is 0.306. The van der Waals surface area contributed by atoms with Crippen molar-refractivity contribution in [1.29, 1.82) is 0 Å². The van der Waals surface area contributed by atoms with Gasteiger partial charge in [0.1, 0.15) is 0 Å². The monoisotopic (exact) mass is 309 g/mol. The number of halogens is 1. The summed E-state index contributed by atoms with van der Waals surface area (Å²) in [6.45, 7) is 2.95. The maximum absolute atomic E-state index is 12.2. The smallest absolute Gasteiger partial charge is 0.223 e. The second-order valence-corrected chi connectivity index (χ2v) is 5.73. The number of aryl methyl sites for hydroxylation is 2. The van der Waals surface area contributed by atoms with E-state index in [2.05, 4.69) is 35.0 Å². The third-order valence-electron chi connectivity index (χ3n) is 3.50. The van der Waals surface area contributed by atoms with Gasteiger partial charge in [-0.25, -0.2) is 0 Å². The summed E-state index contributed by atoms with van der Waals surface area (Å²) >= 11 is 3.43. The number of benzene rings is 1. The van der Waals surface area contributed by atoms with Crippen LogP contribution in [0, 0.1) is 6.92 Å². The predicted octanol–water partition coefficient (Wildman–Crippen LogP) is 3.31. The highest BCUT2D eigenvalue weighted by molar-refractivity contribution is 9.09. The minimum absolute atomic E-state index is 0.306. The summed E-state index contributed by atoms with van der Waals surface area (Å²) in [6, 6.07) is 8.84. The van der Waals surface area contributed by atoms with E-state index in [9.17, 15) is 4.79 Å². The van der Waals surface area contributed by atoms with Crippen LogP contribution in [-0.4, -0.2) is 28.7 Å². The Bertz CT molecular complexity index is 415. The molecule has 0 heterocycles. The molecule has 0 bridgehead atoms. The summed E-state index contributed by atoms with van der Waals surface area (Å²) in [5.41, 5.74) is 2.57. The molecular weight excluding hydrogens is 290 g/mol. The van der Waals surface area contributed by atoms with Crippen LogP contribution < -0.4 is 0 Å².